The molecule has 0 bridgehead atoms. The number of hydrogen-bond acceptors (Lipinski definition) is 1. The van der Waals surface area contributed by atoms with Gasteiger partial charge in [0.25, 0.3) is 0 Å². The monoisotopic (exact) mass is 611 g/mol. The van der Waals surface area contributed by atoms with E-state index < -0.39 is 16.4 Å². The molecule has 0 amide bonds. The molecular weight excluding hydrogens is 583 g/mol. The normalized spacial score (nSPS) is 17.1. The summed E-state index contributed by atoms with van der Waals surface area (Å²) in [7, 11) is -2.94. The molecular formula is C29H31Cl2OSi2Zr. The second-order valence-corrected chi connectivity index (χ2v) is 19.8. The first kappa shape index (κ1) is 28.7. The molecule has 4 aromatic rings. The maximum absolute atomic E-state index is 6.23. The van der Waals surface area contributed by atoms with E-state index in [1.54, 1.807) is 15.9 Å². The third-order valence-electron chi connectivity index (χ3n) is 7.42. The Kier molecular flexibility index (Phi) is 8.30. The summed E-state index contributed by atoms with van der Waals surface area (Å²) in [6.45, 7) is 12.7. The second kappa shape index (κ2) is 10.1. The van der Waals surface area contributed by atoms with Crippen LogP contribution in [0.3, 0.4) is 0 Å². The molecule has 1 aliphatic carbocycles. The van der Waals surface area contributed by atoms with Crippen LogP contribution in [-0.2, 0) is 30.6 Å². The smallest absolute Gasteiger partial charge is 1.00 e. The Bertz CT molecular complexity index is 1430. The fourth-order valence-corrected chi connectivity index (χ4v) is 9.96. The number of halogens is 2. The molecule has 0 spiro atoms. The molecule has 0 N–H and O–H groups in total. The van der Waals surface area contributed by atoms with Gasteiger partial charge in [0, 0.05) is 12.5 Å². The van der Waals surface area contributed by atoms with E-state index >= 15 is 0 Å². The van der Waals surface area contributed by atoms with Crippen molar-refractivity contribution in [2.75, 3.05) is 6.61 Å². The molecule has 35 heavy (non-hydrogen) atoms. The van der Waals surface area contributed by atoms with Gasteiger partial charge in [-0.3, -0.25) is 0 Å². The topological polar surface area (TPSA) is 9.23 Å². The molecule has 1 radical (unpaired) electrons. The minimum absolute atomic E-state index is 0. The van der Waals surface area contributed by atoms with Gasteiger partial charge < -0.3 is 29.2 Å². The predicted molar refractivity (Wildman–Crippen MR) is 144 cm³/mol. The summed E-state index contributed by atoms with van der Waals surface area (Å²) < 4.78 is 6.23. The van der Waals surface area contributed by atoms with Crippen molar-refractivity contribution in [1.82, 2.24) is 0 Å². The summed E-state index contributed by atoms with van der Waals surface area (Å²) >= 11 is 0. The zero-order valence-corrected chi connectivity index (χ0v) is 27.0. The molecule has 1 aliphatic heterocycles. The minimum atomic E-state index is -1.50. The predicted octanol–water partition coefficient (Wildman–Crippen LogP) is 0.624. The van der Waals surface area contributed by atoms with Crippen LogP contribution in [0.2, 0.25) is 32.7 Å². The molecule has 0 saturated heterocycles. The van der Waals surface area contributed by atoms with Gasteiger partial charge in [-0.25, -0.2) is 0 Å². The third kappa shape index (κ3) is 4.76. The molecule has 1 unspecified atom stereocenters. The van der Waals surface area contributed by atoms with Crippen LogP contribution in [0, 0.1) is 0 Å². The van der Waals surface area contributed by atoms with Crippen molar-refractivity contribution in [2.45, 2.75) is 45.1 Å². The van der Waals surface area contributed by atoms with Crippen LogP contribution in [0.5, 0.6) is 0 Å². The van der Waals surface area contributed by atoms with Gasteiger partial charge in [0.05, 0.1) is 0 Å². The summed E-state index contributed by atoms with van der Waals surface area (Å²) in [6.07, 6.45) is 3.56. The van der Waals surface area contributed by atoms with Gasteiger partial charge >= 0.3 is 26.2 Å². The first-order valence-corrected chi connectivity index (χ1v) is 18.3. The SMILES string of the molecule is C[Si](C)(C)OCCC1=CC(c2c3c(cc4c2[cH-]c2ccccc24)[Si]3(C)C)c2ccccc21.[Cl-].[Cl-].[Zr+3]. The molecule has 0 fully saturated rings. The van der Waals surface area contributed by atoms with Gasteiger partial charge in [-0.15, -0.1) is 33.7 Å². The Balaban J connectivity index is 0.00000114. The Morgan fingerprint density at radius 2 is 1.63 bits per heavy atom. The number of hydrogen-bond donors (Lipinski definition) is 0. The maximum Gasteiger partial charge on any atom is 3.00 e. The molecule has 4 aromatic carbocycles. The van der Waals surface area contributed by atoms with E-state index in [0.29, 0.717) is 5.92 Å². The number of benzene rings is 3. The van der Waals surface area contributed by atoms with Crippen LogP contribution >= 0.6 is 0 Å². The van der Waals surface area contributed by atoms with Crippen LogP contribution in [0.1, 0.15) is 29.0 Å². The Morgan fingerprint density at radius 3 is 2.37 bits per heavy atom. The molecule has 1 atom stereocenters. The van der Waals surface area contributed by atoms with Crippen molar-refractivity contribution in [3.63, 3.8) is 0 Å². The van der Waals surface area contributed by atoms with Gasteiger partial charge in [0.2, 0.25) is 0 Å². The van der Waals surface area contributed by atoms with Crippen molar-refractivity contribution >= 4 is 53.9 Å². The fourth-order valence-electron chi connectivity index (χ4n) is 5.82. The molecule has 0 aromatic heterocycles. The van der Waals surface area contributed by atoms with Crippen LogP contribution in [0.25, 0.3) is 27.1 Å². The zero-order chi connectivity index (χ0) is 22.3. The van der Waals surface area contributed by atoms with E-state index in [2.05, 4.69) is 99.5 Å². The van der Waals surface area contributed by atoms with Gasteiger partial charge in [-0.2, -0.15) is 0 Å². The first-order chi connectivity index (χ1) is 15.3. The van der Waals surface area contributed by atoms with E-state index in [0.717, 1.165) is 13.0 Å². The molecule has 1 nitrogen and oxygen atoms in total. The summed E-state index contributed by atoms with van der Waals surface area (Å²) in [4.78, 5) is 0. The van der Waals surface area contributed by atoms with Gasteiger partial charge in [-0.05, 0) is 42.8 Å². The van der Waals surface area contributed by atoms with Gasteiger partial charge in [0.15, 0.2) is 8.32 Å². The quantitative estimate of drug-likeness (QED) is 0.237. The van der Waals surface area contributed by atoms with Crippen molar-refractivity contribution in [3.05, 3.63) is 83.4 Å². The second-order valence-electron chi connectivity index (χ2n) is 11.0. The van der Waals surface area contributed by atoms with Crippen LogP contribution in [-0.4, -0.2) is 23.0 Å². The molecule has 0 saturated carbocycles. The molecule has 2 aliphatic rings. The molecule has 1 heterocycles. The van der Waals surface area contributed by atoms with Crippen molar-refractivity contribution in [2.24, 2.45) is 0 Å². The number of rotatable bonds is 5. The van der Waals surface area contributed by atoms with Gasteiger partial charge in [0.1, 0.15) is 8.07 Å². The maximum atomic E-state index is 6.23. The molecule has 6 rings (SSSR count). The Morgan fingerprint density at radius 1 is 0.943 bits per heavy atom. The van der Waals surface area contributed by atoms with Crippen molar-refractivity contribution in [1.29, 1.82) is 0 Å². The van der Waals surface area contributed by atoms with E-state index in [9.17, 15) is 0 Å². The summed E-state index contributed by atoms with van der Waals surface area (Å²) in [5.41, 5.74) is 5.97. The van der Waals surface area contributed by atoms with E-state index in [1.807, 2.05) is 0 Å². The van der Waals surface area contributed by atoms with Crippen LogP contribution in [0.15, 0.2) is 66.7 Å². The average Bonchev–Trinajstić information content (AvgIpc) is 3.06. The standard InChI is InChI=1S/C29H31OSi2.2ClH.Zr/c1-31(2,3)30-15-14-20-17-25(23-13-9-8-11-21(20)23)28-26-16-19-10-6-7-12-22(19)24(26)18-27-29(28)32(27,4)5;;;/h6-13,16-18,25H,14-15H2,1-5H3;2*1H;/q-1;;;+3/p-2. The van der Waals surface area contributed by atoms with Crippen LogP contribution in [0.4, 0.5) is 0 Å². The van der Waals surface area contributed by atoms with Crippen molar-refractivity contribution < 1.29 is 55.4 Å². The Hall–Kier alpha value is -0.873. The fraction of sp³-hybridized carbons (Fsp3) is 0.276. The number of allylic oxidation sites excluding steroid dienone is 1. The van der Waals surface area contributed by atoms with Crippen molar-refractivity contribution in [3.8, 4) is 0 Å². The van der Waals surface area contributed by atoms with E-state index in [4.69, 9.17) is 4.43 Å². The van der Waals surface area contributed by atoms with E-state index in [1.165, 1.54) is 38.2 Å². The average molecular weight is 614 g/mol. The molecule has 179 valence electrons. The summed E-state index contributed by atoms with van der Waals surface area (Å²) in [6, 6.07) is 22.9. The third-order valence-corrected chi connectivity index (χ3v) is 11.8. The number of fused-ring (bicyclic) bond motifs is 5. The van der Waals surface area contributed by atoms with Crippen LogP contribution < -0.4 is 35.2 Å². The Labute approximate surface area is 242 Å². The zero-order valence-electron chi connectivity index (χ0n) is 21.0. The molecule has 6 heteroatoms. The minimum Gasteiger partial charge on any atom is -1.00 e. The van der Waals surface area contributed by atoms with Gasteiger partial charge in [-0.1, -0.05) is 83.6 Å². The van der Waals surface area contributed by atoms with E-state index in [-0.39, 0.29) is 51.0 Å². The summed E-state index contributed by atoms with van der Waals surface area (Å²) in [5, 5.41) is 9.07. The largest absolute Gasteiger partial charge is 3.00 e. The summed E-state index contributed by atoms with van der Waals surface area (Å²) in [5.74, 6) is 0.358. The first-order valence-electron chi connectivity index (χ1n) is 11.9.